The zero-order valence-corrected chi connectivity index (χ0v) is 12.6. The Kier molecular flexibility index (Phi) is 3.99. The average molecular weight is 309 g/mol. The highest BCUT2D eigenvalue weighted by atomic mass is 32.2. The number of aryl methyl sites for hydroxylation is 1. The van der Waals surface area contributed by atoms with Crippen LogP contribution in [0.25, 0.3) is 0 Å². The van der Waals surface area contributed by atoms with Gasteiger partial charge in [0, 0.05) is 7.05 Å². The average Bonchev–Trinajstić information content (AvgIpc) is 2.92. The number of ether oxygens (including phenoxy) is 1. The van der Waals surface area contributed by atoms with Crippen molar-refractivity contribution in [3.05, 3.63) is 41.7 Å². The van der Waals surface area contributed by atoms with E-state index in [0.29, 0.717) is 5.69 Å². The van der Waals surface area contributed by atoms with Crippen molar-refractivity contribution in [1.82, 2.24) is 10.2 Å². The van der Waals surface area contributed by atoms with Crippen molar-refractivity contribution in [1.29, 1.82) is 0 Å². The highest BCUT2D eigenvalue weighted by Gasteiger charge is 2.27. The van der Waals surface area contributed by atoms with Gasteiger partial charge in [0.1, 0.15) is 4.90 Å². The van der Waals surface area contributed by atoms with Crippen LogP contribution >= 0.6 is 0 Å². The lowest BCUT2D eigenvalue weighted by Gasteiger charge is -2.21. The maximum absolute atomic E-state index is 12.6. The summed E-state index contributed by atoms with van der Waals surface area (Å²) >= 11 is 0. The van der Waals surface area contributed by atoms with E-state index in [1.54, 1.807) is 25.1 Å². The molecule has 21 heavy (non-hydrogen) atoms. The van der Waals surface area contributed by atoms with Crippen molar-refractivity contribution >= 4 is 21.7 Å². The summed E-state index contributed by atoms with van der Waals surface area (Å²) in [6.45, 7) is 1.61. The molecule has 112 valence electrons. The SMILES string of the molecule is COC(=O)c1ccccc1N(C)S(=O)(=O)c1cn[nH]c1C. The van der Waals surface area contributed by atoms with E-state index in [-0.39, 0.29) is 16.1 Å². The molecule has 0 atom stereocenters. The van der Waals surface area contributed by atoms with E-state index in [0.717, 1.165) is 4.31 Å². The lowest BCUT2D eigenvalue weighted by molar-refractivity contribution is 0.0601. The number of anilines is 1. The highest BCUT2D eigenvalue weighted by Crippen LogP contribution is 2.26. The van der Waals surface area contributed by atoms with Gasteiger partial charge in [-0.3, -0.25) is 9.40 Å². The first-order valence-electron chi connectivity index (χ1n) is 6.06. The third kappa shape index (κ3) is 2.62. The number of hydrogen-bond donors (Lipinski definition) is 1. The predicted molar refractivity (Wildman–Crippen MR) is 76.7 cm³/mol. The second-order valence-corrected chi connectivity index (χ2v) is 6.28. The predicted octanol–water partition coefficient (Wildman–Crippen LogP) is 1.33. The van der Waals surface area contributed by atoms with Gasteiger partial charge in [-0.1, -0.05) is 12.1 Å². The van der Waals surface area contributed by atoms with Crippen molar-refractivity contribution in [2.75, 3.05) is 18.5 Å². The maximum atomic E-state index is 12.6. The van der Waals surface area contributed by atoms with Crippen molar-refractivity contribution in [3.63, 3.8) is 0 Å². The summed E-state index contributed by atoms with van der Waals surface area (Å²) in [6, 6.07) is 6.34. The van der Waals surface area contributed by atoms with Gasteiger partial charge in [-0.2, -0.15) is 5.10 Å². The number of nitrogens with one attached hydrogen (secondary N) is 1. The summed E-state index contributed by atoms with van der Waals surface area (Å²) in [4.78, 5) is 11.8. The van der Waals surface area contributed by atoms with Crippen LogP contribution in [-0.4, -0.2) is 38.7 Å². The number of hydrogen-bond acceptors (Lipinski definition) is 5. The Morgan fingerprint density at radius 1 is 1.33 bits per heavy atom. The molecule has 1 aromatic carbocycles. The van der Waals surface area contributed by atoms with Crippen LogP contribution in [-0.2, 0) is 14.8 Å². The van der Waals surface area contributed by atoms with E-state index in [1.807, 2.05) is 0 Å². The van der Waals surface area contributed by atoms with E-state index in [2.05, 4.69) is 14.9 Å². The smallest absolute Gasteiger partial charge is 0.340 e. The Bertz CT molecular complexity index is 767. The molecule has 0 aliphatic carbocycles. The Labute approximate surface area is 122 Å². The molecule has 2 rings (SSSR count). The van der Waals surface area contributed by atoms with Crippen molar-refractivity contribution in [2.24, 2.45) is 0 Å². The molecule has 1 heterocycles. The number of aromatic amines is 1. The summed E-state index contributed by atoms with van der Waals surface area (Å²) in [6.07, 6.45) is 1.24. The Morgan fingerprint density at radius 2 is 2.00 bits per heavy atom. The van der Waals surface area contributed by atoms with Gasteiger partial charge in [0.05, 0.1) is 30.3 Å². The van der Waals surface area contributed by atoms with E-state index in [9.17, 15) is 13.2 Å². The molecular weight excluding hydrogens is 294 g/mol. The van der Waals surface area contributed by atoms with Gasteiger partial charge in [-0.25, -0.2) is 13.2 Å². The second-order valence-electron chi connectivity index (χ2n) is 4.34. The number of nitrogens with zero attached hydrogens (tertiary/aromatic N) is 2. The molecule has 0 radical (unpaired) electrons. The highest BCUT2D eigenvalue weighted by molar-refractivity contribution is 7.92. The summed E-state index contributed by atoms with van der Waals surface area (Å²) < 4.78 is 30.9. The van der Waals surface area contributed by atoms with Gasteiger partial charge in [0.25, 0.3) is 10.0 Å². The summed E-state index contributed by atoms with van der Waals surface area (Å²) in [5, 5.41) is 6.30. The summed E-state index contributed by atoms with van der Waals surface area (Å²) in [7, 11) is -1.19. The van der Waals surface area contributed by atoms with Gasteiger partial charge >= 0.3 is 5.97 Å². The van der Waals surface area contributed by atoms with Crippen LogP contribution < -0.4 is 4.31 Å². The number of H-pyrrole nitrogens is 1. The first-order chi connectivity index (χ1) is 9.89. The topological polar surface area (TPSA) is 92.4 Å². The fraction of sp³-hybridized carbons (Fsp3) is 0.231. The molecule has 0 saturated heterocycles. The van der Waals surface area contributed by atoms with Gasteiger partial charge < -0.3 is 4.74 Å². The number of carbonyl (C=O) groups excluding carboxylic acids is 1. The molecule has 0 fully saturated rings. The van der Waals surface area contributed by atoms with Crippen LogP contribution in [0.5, 0.6) is 0 Å². The number of carbonyl (C=O) groups is 1. The van der Waals surface area contributed by atoms with E-state index in [4.69, 9.17) is 0 Å². The van der Waals surface area contributed by atoms with Gasteiger partial charge in [0.2, 0.25) is 0 Å². The molecule has 2 aromatic rings. The molecule has 8 heteroatoms. The van der Waals surface area contributed by atoms with Crippen LogP contribution in [0.4, 0.5) is 5.69 Å². The number of rotatable bonds is 4. The van der Waals surface area contributed by atoms with Gasteiger partial charge in [-0.15, -0.1) is 0 Å². The fourth-order valence-corrected chi connectivity index (χ4v) is 3.24. The zero-order valence-electron chi connectivity index (χ0n) is 11.8. The fourth-order valence-electron chi connectivity index (χ4n) is 1.91. The molecule has 0 amide bonds. The van der Waals surface area contributed by atoms with Crippen LogP contribution in [0.15, 0.2) is 35.4 Å². The van der Waals surface area contributed by atoms with Crippen molar-refractivity contribution in [2.45, 2.75) is 11.8 Å². The second kappa shape index (κ2) is 5.57. The lowest BCUT2D eigenvalue weighted by atomic mass is 10.2. The number of esters is 1. The Morgan fingerprint density at radius 3 is 2.57 bits per heavy atom. The minimum atomic E-state index is -3.81. The first kappa shape index (κ1) is 15.0. The molecule has 0 aliphatic heterocycles. The summed E-state index contributed by atoms with van der Waals surface area (Å²) in [5.74, 6) is -0.600. The number of benzene rings is 1. The molecular formula is C13H15N3O4S. The molecule has 7 nitrogen and oxygen atoms in total. The standard InChI is InChI=1S/C13H15N3O4S/c1-9-12(8-14-15-9)21(18,19)16(2)11-7-5-4-6-10(11)13(17)20-3/h4-8H,1-3H3,(H,14,15). The summed E-state index contributed by atoms with van der Waals surface area (Å²) in [5.41, 5.74) is 0.842. The van der Waals surface area contributed by atoms with Crippen molar-refractivity contribution < 1.29 is 17.9 Å². The maximum Gasteiger partial charge on any atom is 0.340 e. The Hall–Kier alpha value is -2.35. The number of para-hydroxylation sites is 1. The molecule has 0 saturated carbocycles. The van der Waals surface area contributed by atoms with Crippen LogP contribution in [0, 0.1) is 6.92 Å². The van der Waals surface area contributed by atoms with Crippen molar-refractivity contribution in [3.8, 4) is 0 Å². The molecule has 1 N–H and O–H groups in total. The lowest BCUT2D eigenvalue weighted by Crippen LogP contribution is -2.28. The third-order valence-corrected chi connectivity index (χ3v) is 4.96. The van der Waals surface area contributed by atoms with Gasteiger partial charge in [0.15, 0.2) is 0 Å². The quantitative estimate of drug-likeness (QED) is 0.860. The molecule has 0 unspecified atom stereocenters. The minimum Gasteiger partial charge on any atom is -0.465 e. The molecule has 0 aliphatic rings. The van der Waals surface area contributed by atoms with E-state index >= 15 is 0 Å². The minimum absolute atomic E-state index is 0.0599. The zero-order chi connectivity index (χ0) is 15.6. The Balaban J connectivity index is 2.53. The number of sulfonamides is 1. The monoisotopic (exact) mass is 309 g/mol. The number of aromatic nitrogens is 2. The van der Waals surface area contributed by atoms with Crippen LogP contribution in [0.2, 0.25) is 0 Å². The van der Waals surface area contributed by atoms with E-state index < -0.39 is 16.0 Å². The largest absolute Gasteiger partial charge is 0.465 e. The first-order valence-corrected chi connectivity index (χ1v) is 7.50. The van der Waals surface area contributed by atoms with E-state index in [1.165, 1.54) is 26.4 Å². The normalized spacial score (nSPS) is 11.2. The molecule has 1 aromatic heterocycles. The van der Waals surface area contributed by atoms with Crippen LogP contribution in [0.1, 0.15) is 16.1 Å². The third-order valence-electron chi connectivity index (χ3n) is 3.07. The molecule has 0 spiro atoms. The number of methoxy groups -OCH3 is 1. The molecule has 0 bridgehead atoms. The van der Waals surface area contributed by atoms with Gasteiger partial charge in [-0.05, 0) is 19.1 Å². The van der Waals surface area contributed by atoms with Crippen LogP contribution in [0.3, 0.4) is 0 Å².